The number of nitrogens with one attached hydrogen (secondary N) is 1. The smallest absolute Gasteiger partial charge is 0.313 e. The summed E-state index contributed by atoms with van der Waals surface area (Å²) in [4.78, 5) is 34.0. The molecule has 36 heavy (non-hydrogen) atoms. The molecule has 0 fully saturated rings. The summed E-state index contributed by atoms with van der Waals surface area (Å²) in [6.45, 7) is 3.86. The van der Waals surface area contributed by atoms with Crippen molar-refractivity contribution >= 4 is 23.1 Å². The van der Waals surface area contributed by atoms with Crippen LogP contribution in [0.25, 0.3) is 11.1 Å². The van der Waals surface area contributed by atoms with Gasteiger partial charge < -0.3 is 10.4 Å². The molecule has 4 aromatic rings. The van der Waals surface area contributed by atoms with Crippen LogP contribution >= 0.6 is 11.3 Å². The van der Waals surface area contributed by atoms with Gasteiger partial charge >= 0.3 is 5.97 Å². The molecule has 184 valence electrons. The summed E-state index contributed by atoms with van der Waals surface area (Å²) >= 11 is 1.52. The Hall–Kier alpha value is -3.68. The molecule has 0 aliphatic rings. The van der Waals surface area contributed by atoms with Gasteiger partial charge in [0.05, 0.1) is 22.7 Å². The molecule has 1 atom stereocenters. The third-order valence-electron chi connectivity index (χ3n) is 6.33. The molecular weight excluding hydrogens is 470 g/mol. The Morgan fingerprint density at radius 1 is 1.00 bits per heavy atom. The van der Waals surface area contributed by atoms with Crippen LogP contribution in [0.5, 0.6) is 0 Å². The number of aromatic nitrogens is 2. The first-order chi connectivity index (χ1) is 17.3. The van der Waals surface area contributed by atoms with Crippen molar-refractivity contribution in [1.82, 2.24) is 15.3 Å². The van der Waals surface area contributed by atoms with E-state index in [4.69, 9.17) is 0 Å². The number of pyridine rings is 1. The third kappa shape index (κ3) is 6.30. The van der Waals surface area contributed by atoms with Crippen LogP contribution in [0.4, 0.5) is 0 Å². The number of carboxylic acid groups (broad SMARTS) is 1. The summed E-state index contributed by atoms with van der Waals surface area (Å²) in [6, 6.07) is 19.0. The molecule has 6 nitrogen and oxygen atoms in total. The molecule has 0 saturated carbocycles. The van der Waals surface area contributed by atoms with Crippen LogP contribution in [0.1, 0.15) is 36.2 Å². The number of carbonyl (C=O) groups excluding carboxylic acids is 1. The maximum Gasteiger partial charge on any atom is 0.313 e. The largest absolute Gasteiger partial charge is 0.481 e. The van der Waals surface area contributed by atoms with Crippen molar-refractivity contribution in [2.75, 3.05) is 0 Å². The second-order valence-corrected chi connectivity index (χ2v) is 10.0. The van der Waals surface area contributed by atoms with Crippen LogP contribution in [-0.2, 0) is 34.4 Å². The third-order valence-corrected chi connectivity index (χ3v) is 6.96. The second kappa shape index (κ2) is 11.4. The fraction of sp³-hybridized carbons (Fsp3) is 0.241. The summed E-state index contributed by atoms with van der Waals surface area (Å²) in [5, 5.41) is 15.2. The predicted molar refractivity (Wildman–Crippen MR) is 142 cm³/mol. The van der Waals surface area contributed by atoms with Crippen molar-refractivity contribution in [3.63, 3.8) is 0 Å². The number of ketones is 1. The zero-order valence-electron chi connectivity index (χ0n) is 20.3. The number of Topliss-reactive ketones (excluding diaryl/α,β-unsaturated/α-hetero) is 1. The van der Waals surface area contributed by atoms with E-state index in [1.165, 1.54) is 11.3 Å². The summed E-state index contributed by atoms with van der Waals surface area (Å²) in [5.41, 5.74) is 5.87. The molecule has 0 spiro atoms. The number of rotatable bonds is 11. The minimum atomic E-state index is -1.10. The summed E-state index contributed by atoms with van der Waals surface area (Å²) < 4.78 is 0. The number of thiazole rings is 1. The summed E-state index contributed by atoms with van der Waals surface area (Å²) in [7, 11) is 0. The summed E-state index contributed by atoms with van der Waals surface area (Å²) in [5.74, 6) is -0.876. The SMILES string of the molecule is CC(C)(C(=O)O)c1cc(CC(=O)[C@H](Cc2ccccc2)NCc2cscn2)cc(-c2ccncc2)c1. The molecule has 0 amide bonds. The summed E-state index contributed by atoms with van der Waals surface area (Å²) in [6.07, 6.45) is 4.14. The minimum Gasteiger partial charge on any atom is -0.481 e. The van der Waals surface area contributed by atoms with E-state index in [9.17, 15) is 14.7 Å². The molecule has 0 radical (unpaired) electrons. The minimum absolute atomic E-state index is 0.0417. The molecule has 0 aliphatic heterocycles. The zero-order chi connectivity index (χ0) is 25.5. The number of hydrogen-bond acceptors (Lipinski definition) is 6. The number of nitrogens with zero attached hydrogens (tertiary/aromatic N) is 2. The van der Waals surface area contributed by atoms with Crippen LogP contribution in [0.3, 0.4) is 0 Å². The van der Waals surface area contributed by atoms with E-state index in [0.29, 0.717) is 18.5 Å². The van der Waals surface area contributed by atoms with Crippen molar-refractivity contribution in [3.05, 3.63) is 106 Å². The monoisotopic (exact) mass is 499 g/mol. The topological polar surface area (TPSA) is 92.2 Å². The maximum atomic E-state index is 13.6. The molecule has 7 heteroatoms. The van der Waals surface area contributed by atoms with E-state index in [0.717, 1.165) is 27.9 Å². The van der Waals surface area contributed by atoms with Crippen molar-refractivity contribution in [2.45, 2.75) is 44.7 Å². The lowest BCUT2D eigenvalue weighted by atomic mass is 9.81. The lowest BCUT2D eigenvalue weighted by Gasteiger charge is -2.23. The standard InChI is InChI=1S/C29H29N3O3S/c1-29(2,28(34)35)24-13-21(12-23(16-24)22-8-10-30-11-9-22)15-27(33)26(14-20-6-4-3-5-7-20)31-17-25-18-36-19-32-25/h3-13,16,18-19,26,31H,14-15,17H2,1-2H3,(H,34,35)/t26-/m0/s1. The van der Waals surface area contributed by atoms with Gasteiger partial charge in [0.1, 0.15) is 0 Å². The number of carboxylic acids is 1. The van der Waals surface area contributed by atoms with Crippen LogP contribution in [-0.4, -0.2) is 32.9 Å². The van der Waals surface area contributed by atoms with Crippen LogP contribution < -0.4 is 5.32 Å². The highest BCUT2D eigenvalue weighted by Gasteiger charge is 2.30. The van der Waals surface area contributed by atoms with Crippen LogP contribution in [0.2, 0.25) is 0 Å². The lowest BCUT2D eigenvalue weighted by molar-refractivity contribution is -0.142. The van der Waals surface area contributed by atoms with Gasteiger partial charge in [0.2, 0.25) is 0 Å². The Labute approximate surface area is 215 Å². The molecule has 0 saturated heterocycles. The van der Waals surface area contributed by atoms with Crippen molar-refractivity contribution in [3.8, 4) is 11.1 Å². The molecule has 2 aromatic heterocycles. The van der Waals surface area contributed by atoms with E-state index in [-0.39, 0.29) is 12.2 Å². The lowest BCUT2D eigenvalue weighted by Crippen LogP contribution is -2.39. The average molecular weight is 500 g/mol. The van der Waals surface area contributed by atoms with E-state index in [2.05, 4.69) is 15.3 Å². The highest BCUT2D eigenvalue weighted by atomic mass is 32.1. The van der Waals surface area contributed by atoms with Gasteiger partial charge in [-0.3, -0.25) is 14.6 Å². The average Bonchev–Trinajstić information content (AvgIpc) is 3.41. The molecule has 2 N–H and O–H groups in total. The first-order valence-electron chi connectivity index (χ1n) is 11.8. The highest BCUT2D eigenvalue weighted by molar-refractivity contribution is 7.07. The van der Waals surface area contributed by atoms with Crippen molar-refractivity contribution in [2.24, 2.45) is 0 Å². The van der Waals surface area contributed by atoms with Gasteiger partial charge in [-0.05, 0) is 60.2 Å². The van der Waals surface area contributed by atoms with Crippen molar-refractivity contribution < 1.29 is 14.7 Å². The van der Waals surface area contributed by atoms with E-state index < -0.39 is 17.4 Å². The van der Waals surface area contributed by atoms with E-state index in [1.54, 1.807) is 31.8 Å². The Morgan fingerprint density at radius 2 is 1.75 bits per heavy atom. The number of aliphatic carboxylic acids is 1. The molecule has 4 rings (SSSR count). The number of carbonyl (C=O) groups is 2. The maximum absolute atomic E-state index is 13.6. The predicted octanol–water partition coefficient (Wildman–Crippen LogP) is 5.08. The van der Waals surface area contributed by atoms with Gasteiger partial charge in [-0.1, -0.05) is 48.5 Å². The molecular formula is C29H29N3O3S. The quantitative estimate of drug-likeness (QED) is 0.299. The van der Waals surface area contributed by atoms with Crippen LogP contribution in [0.15, 0.2) is 83.9 Å². The number of benzene rings is 2. The molecule has 2 aromatic carbocycles. The Bertz CT molecular complexity index is 1310. The molecule has 2 heterocycles. The normalized spacial score (nSPS) is 12.3. The molecule has 0 unspecified atom stereocenters. The zero-order valence-corrected chi connectivity index (χ0v) is 21.2. The van der Waals surface area contributed by atoms with Gasteiger partial charge in [-0.15, -0.1) is 11.3 Å². The Balaban J connectivity index is 1.64. The molecule has 0 aliphatic carbocycles. The Kier molecular flexibility index (Phi) is 8.03. The number of hydrogen-bond donors (Lipinski definition) is 2. The first kappa shape index (κ1) is 25.4. The Morgan fingerprint density at radius 3 is 2.42 bits per heavy atom. The van der Waals surface area contributed by atoms with Crippen molar-refractivity contribution in [1.29, 1.82) is 0 Å². The van der Waals surface area contributed by atoms with Crippen LogP contribution in [0, 0.1) is 0 Å². The van der Waals surface area contributed by atoms with Gasteiger partial charge in [-0.2, -0.15) is 0 Å². The highest BCUT2D eigenvalue weighted by Crippen LogP contribution is 2.30. The fourth-order valence-electron chi connectivity index (χ4n) is 4.02. The fourth-order valence-corrected chi connectivity index (χ4v) is 4.57. The van der Waals surface area contributed by atoms with Gasteiger partial charge in [0.25, 0.3) is 0 Å². The van der Waals surface area contributed by atoms with Gasteiger partial charge in [0, 0.05) is 30.7 Å². The van der Waals surface area contributed by atoms with Gasteiger partial charge in [-0.25, -0.2) is 4.98 Å². The van der Waals surface area contributed by atoms with Gasteiger partial charge in [0.15, 0.2) is 5.78 Å². The van der Waals surface area contributed by atoms with E-state index >= 15 is 0 Å². The first-order valence-corrected chi connectivity index (χ1v) is 12.7. The second-order valence-electron chi connectivity index (χ2n) is 9.33. The van der Waals surface area contributed by atoms with E-state index in [1.807, 2.05) is 66.0 Å². The molecule has 0 bridgehead atoms.